The minimum absolute atomic E-state index is 0.475. The van der Waals surface area contributed by atoms with Crippen LogP contribution in [0.15, 0.2) is 29.2 Å². The summed E-state index contributed by atoms with van der Waals surface area (Å²) in [4.78, 5) is 0.910. The lowest BCUT2D eigenvalue weighted by molar-refractivity contribution is 0.325. The van der Waals surface area contributed by atoms with Crippen LogP contribution in [0.4, 0.5) is 0 Å². The predicted molar refractivity (Wildman–Crippen MR) is 67.9 cm³/mol. The summed E-state index contributed by atoms with van der Waals surface area (Å²) in [5.41, 5.74) is 1.32. The van der Waals surface area contributed by atoms with E-state index < -0.39 is 10.8 Å². The number of nitrogens with one attached hydrogen (secondary N) is 1. The molecule has 16 heavy (non-hydrogen) atoms. The van der Waals surface area contributed by atoms with Crippen molar-refractivity contribution in [3.05, 3.63) is 29.8 Å². The van der Waals surface area contributed by atoms with Gasteiger partial charge in [0.25, 0.3) is 0 Å². The Balaban J connectivity index is 2.11. The van der Waals surface area contributed by atoms with Crippen molar-refractivity contribution >= 4 is 10.8 Å². The van der Waals surface area contributed by atoms with Gasteiger partial charge in [0.2, 0.25) is 0 Å². The molecule has 1 aromatic rings. The van der Waals surface area contributed by atoms with Crippen LogP contribution in [0.1, 0.15) is 31.4 Å². The topological polar surface area (TPSA) is 29.1 Å². The Kier molecular flexibility index (Phi) is 3.77. The Hall–Kier alpha value is -0.670. The third-order valence-electron chi connectivity index (χ3n) is 3.28. The molecule has 3 heteroatoms. The van der Waals surface area contributed by atoms with Gasteiger partial charge in [0, 0.05) is 28.0 Å². The van der Waals surface area contributed by atoms with E-state index in [0.717, 1.165) is 17.4 Å². The van der Waals surface area contributed by atoms with E-state index in [1.54, 1.807) is 6.26 Å². The number of hydrogen-bond acceptors (Lipinski definition) is 2. The second-order valence-corrected chi connectivity index (χ2v) is 6.04. The lowest BCUT2D eigenvalue weighted by Gasteiger charge is -2.28. The maximum atomic E-state index is 11.3. The number of benzene rings is 1. The lowest BCUT2D eigenvalue weighted by Crippen LogP contribution is -2.30. The van der Waals surface area contributed by atoms with Crippen molar-refractivity contribution in [2.24, 2.45) is 5.92 Å². The van der Waals surface area contributed by atoms with Crippen LogP contribution in [0.2, 0.25) is 0 Å². The molecule has 1 heterocycles. The van der Waals surface area contributed by atoms with Gasteiger partial charge in [-0.15, -0.1) is 0 Å². The Bertz CT molecular complexity index is 374. The second-order valence-electron chi connectivity index (χ2n) is 4.66. The van der Waals surface area contributed by atoms with Crippen LogP contribution in [0, 0.1) is 5.92 Å². The van der Waals surface area contributed by atoms with Gasteiger partial charge in [-0.2, -0.15) is 0 Å². The van der Waals surface area contributed by atoms with Crippen LogP contribution in [-0.2, 0) is 10.8 Å². The van der Waals surface area contributed by atoms with Gasteiger partial charge in [0.1, 0.15) is 0 Å². The van der Waals surface area contributed by atoms with Gasteiger partial charge in [-0.25, -0.2) is 0 Å². The molecule has 1 saturated heterocycles. The monoisotopic (exact) mass is 237 g/mol. The second kappa shape index (κ2) is 5.11. The fourth-order valence-corrected chi connectivity index (χ4v) is 2.77. The largest absolute Gasteiger partial charge is 0.310 e. The van der Waals surface area contributed by atoms with Crippen LogP contribution >= 0.6 is 0 Å². The first-order valence-electron chi connectivity index (χ1n) is 5.83. The molecule has 0 saturated carbocycles. The van der Waals surface area contributed by atoms with E-state index in [1.807, 2.05) is 12.1 Å². The molecule has 1 aliphatic rings. The summed E-state index contributed by atoms with van der Waals surface area (Å²) in [6.45, 7) is 3.41. The van der Waals surface area contributed by atoms with E-state index in [4.69, 9.17) is 0 Å². The van der Waals surface area contributed by atoms with Crippen molar-refractivity contribution in [2.75, 3.05) is 12.8 Å². The van der Waals surface area contributed by atoms with Gasteiger partial charge in [-0.05, 0) is 43.0 Å². The van der Waals surface area contributed by atoms with Crippen LogP contribution < -0.4 is 5.32 Å². The first kappa shape index (κ1) is 11.8. The summed E-state index contributed by atoms with van der Waals surface area (Å²) in [5.74, 6) is 0.797. The first-order valence-corrected chi connectivity index (χ1v) is 7.39. The van der Waals surface area contributed by atoms with Crippen molar-refractivity contribution in [3.63, 3.8) is 0 Å². The summed E-state index contributed by atoms with van der Waals surface area (Å²) in [7, 11) is -0.870. The quantitative estimate of drug-likeness (QED) is 0.856. The summed E-state index contributed by atoms with van der Waals surface area (Å²) in [5, 5.41) is 3.54. The third kappa shape index (κ3) is 2.71. The van der Waals surface area contributed by atoms with Crippen LogP contribution in [0.3, 0.4) is 0 Å². The van der Waals surface area contributed by atoms with Crippen molar-refractivity contribution in [3.8, 4) is 0 Å². The molecule has 3 atom stereocenters. The standard InChI is InChI=1S/C13H19NOS/c1-10-7-8-14-13(9-10)11-3-5-12(6-4-11)16(2)15/h3-6,10,13-14H,7-9H2,1-2H3. The number of piperidine rings is 1. The van der Waals surface area contributed by atoms with E-state index in [1.165, 1.54) is 18.4 Å². The van der Waals surface area contributed by atoms with Gasteiger partial charge in [0.15, 0.2) is 0 Å². The summed E-state index contributed by atoms with van der Waals surface area (Å²) >= 11 is 0. The zero-order chi connectivity index (χ0) is 11.5. The van der Waals surface area contributed by atoms with E-state index in [9.17, 15) is 4.21 Å². The first-order chi connectivity index (χ1) is 7.66. The zero-order valence-corrected chi connectivity index (χ0v) is 10.7. The highest BCUT2D eigenvalue weighted by molar-refractivity contribution is 7.84. The van der Waals surface area contributed by atoms with Crippen LogP contribution in [-0.4, -0.2) is 17.0 Å². The van der Waals surface area contributed by atoms with E-state index in [-0.39, 0.29) is 0 Å². The minimum atomic E-state index is -0.870. The molecule has 0 aromatic heterocycles. The molecule has 0 amide bonds. The molecule has 1 N–H and O–H groups in total. The molecule has 1 aliphatic heterocycles. The Labute approximate surface area is 99.9 Å². The average molecular weight is 237 g/mol. The normalized spacial score (nSPS) is 27.6. The molecule has 2 rings (SSSR count). The molecule has 88 valence electrons. The van der Waals surface area contributed by atoms with E-state index in [2.05, 4.69) is 24.4 Å². The van der Waals surface area contributed by atoms with Crippen molar-refractivity contribution in [2.45, 2.75) is 30.7 Å². The number of rotatable bonds is 2. The maximum absolute atomic E-state index is 11.3. The SMILES string of the molecule is CC1CCNC(c2ccc(S(C)=O)cc2)C1. The summed E-state index contributed by atoms with van der Waals surface area (Å²) < 4.78 is 11.3. The maximum Gasteiger partial charge on any atom is 0.0498 e. The molecular formula is C13H19NOS. The highest BCUT2D eigenvalue weighted by Crippen LogP contribution is 2.27. The summed E-state index contributed by atoms with van der Waals surface area (Å²) in [6.07, 6.45) is 4.19. The highest BCUT2D eigenvalue weighted by Gasteiger charge is 2.19. The molecule has 0 aliphatic carbocycles. The highest BCUT2D eigenvalue weighted by atomic mass is 32.2. The Morgan fingerprint density at radius 3 is 2.56 bits per heavy atom. The van der Waals surface area contributed by atoms with Crippen molar-refractivity contribution in [1.82, 2.24) is 5.32 Å². The van der Waals surface area contributed by atoms with Gasteiger partial charge >= 0.3 is 0 Å². The zero-order valence-electron chi connectivity index (χ0n) is 9.90. The predicted octanol–water partition coefficient (Wildman–Crippen LogP) is 2.48. The van der Waals surface area contributed by atoms with Gasteiger partial charge in [0.05, 0.1) is 0 Å². The van der Waals surface area contributed by atoms with Gasteiger partial charge < -0.3 is 5.32 Å². The smallest absolute Gasteiger partial charge is 0.0498 e. The van der Waals surface area contributed by atoms with Crippen LogP contribution in [0.25, 0.3) is 0 Å². The molecule has 0 spiro atoms. The molecule has 1 aromatic carbocycles. The van der Waals surface area contributed by atoms with Gasteiger partial charge in [-0.1, -0.05) is 19.1 Å². The minimum Gasteiger partial charge on any atom is -0.310 e. The van der Waals surface area contributed by atoms with Crippen LogP contribution in [0.5, 0.6) is 0 Å². The van der Waals surface area contributed by atoms with Crippen molar-refractivity contribution in [1.29, 1.82) is 0 Å². The Morgan fingerprint density at radius 2 is 2.00 bits per heavy atom. The molecule has 0 bridgehead atoms. The fourth-order valence-electron chi connectivity index (χ4n) is 2.25. The number of hydrogen-bond donors (Lipinski definition) is 1. The molecule has 3 unspecified atom stereocenters. The molecule has 2 nitrogen and oxygen atoms in total. The molecule has 0 radical (unpaired) electrons. The van der Waals surface area contributed by atoms with E-state index >= 15 is 0 Å². The Morgan fingerprint density at radius 1 is 1.31 bits per heavy atom. The molecule has 1 fully saturated rings. The van der Waals surface area contributed by atoms with E-state index in [0.29, 0.717) is 6.04 Å². The molecular weight excluding hydrogens is 218 g/mol. The van der Waals surface area contributed by atoms with Gasteiger partial charge in [-0.3, -0.25) is 4.21 Å². The van der Waals surface area contributed by atoms with Crippen molar-refractivity contribution < 1.29 is 4.21 Å². The third-order valence-corrected chi connectivity index (χ3v) is 4.22. The fraction of sp³-hybridized carbons (Fsp3) is 0.538. The average Bonchev–Trinajstić information content (AvgIpc) is 2.29. The lowest BCUT2D eigenvalue weighted by atomic mass is 9.90. The summed E-state index contributed by atoms with van der Waals surface area (Å²) in [6, 6.07) is 8.64.